The van der Waals surface area contributed by atoms with Crippen LogP contribution in [-0.2, 0) is 6.42 Å². The molecule has 0 amide bonds. The Morgan fingerprint density at radius 3 is 3.00 bits per heavy atom. The molecule has 0 aromatic heterocycles. The molecule has 0 aliphatic carbocycles. The zero-order valence-electron chi connectivity index (χ0n) is 9.03. The molecular weight excluding hydrogens is 206 g/mol. The quantitative estimate of drug-likeness (QED) is 0.771. The molecule has 1 unspecified atom stereocenters. The van der Waals surface area contributed by atoms with E-state index in [1.54, 1.807) is 0 Å². The highest BCUT2D eigenvalue weighted by atomic mass is 16.7. The van der Waals surface area contributed by atoms with Gasteiger partial charge in [-0.15, -0.1) is 0 Å². The maximum atomic E-state index is 10.3. The average Bonchev–Trinajstić information content (AvgIpc) is 2.86. The molecule has 2 N–H and O–H groups in total. The van der Waals surface area contributed by atoms with Crippen molar-refractivity contribution in [1.29, 1.82) is 0 Å². The molecule has 2 heterocycles. The van der Waals surface area contributed by atoms with Crippen LogP contribution < -0.4 is 14.8 Å². The molecular formula is C12H15NO3. The van der Waals surface area contributed by atoms with Gasteiger partial charge in [0.15, 0.2) is 11.5 Å². The molecule has 1 atom stereocenters. The summed E-state index contributed by atoms with van der Waals surface area (Å²) in [6.45, 7) is 1.85. The van der Waals surface area contributed by atoms with E-state index in [0.717, 1.165) is 30.0 Å². The second kappa shape index (κ2) is 3.64. The highest BCUT2D eigenvalue weighted by molar-refractivity contribution is 5.44. The summed E-state index contributed by atoms with van der Waals surface area (Å²) in [4.78, 5) is 0. The van der Waals surface area contributed by atoms with Gasteiger partial charge in [0.25, 0.3) is 0 Å². The normalized spacial score (nSPS) is 27.3. The van der Waals surface area contributed by atoms with Crippen molar-refractivity contribution < 1.29 is 14.6 Å². The van der Waals surface area contributed by atoms with Crippen molar-refractivity contribution in [2.45, 2.75) is 18.4 Å². The predicted molar refractivity (Wildman–Crippen MR) is 58.7 cm³/mol. The first kappa shape index (κ1) is 9.93. The number of β-amino-alcohol motifs (C(OH)–C–C–N with tert-alkyl or cyclic N) is 1. The molecule has 16 heavy (non-hydrogen) atoms. The molecule has 2 aliphatic rings. The number of nitrogens with one attached hydrogen (secondary N) is 1. The molecule has 4 heteroatoms. The summed E-state index contributed by atoms with van der Waals surface area (Å²) in [6.07, 6.45) is 1.47. The summed E-state index contributed by atoms with van der Waals surface area (Å²) in [5, 5.41) is 13.4. The molecule has 1 aromatic rings. The maximum Gasteiger partial charge on any atom is 0.231 e. The van der Waals surface area contributed by atoms with Crippen LogP contribution in [0, 0.1) is 0 Å². The number of rotatable bonds is 2. The van der Waals surface area contributed by atoms with E-state index in [1.807, 2.05) is 18.2 Å². The largest absolute Gasteiger partial charge is 0.454 e. The standard InChI is InChI=1S/C12H15NO3/c14-12(3-4-13-7-12)6-9-1-2-10-11(5-9)16-8-15-10/h1-2,5,13-14H,3-4,6-8H2. The number of ether oxygens (including phenoxy) is 2. The van der Waals surface area contributed by atoms with Crippen molar-refractivity contribution in [3.63, 3.8) is 0 Å². The van der Waals surface area contributed by atoms with E-state index >= 15 is 0 Å². The Bertz CT molecular complexity index is 399. The first-order chi connectivity index (χ1) is 7.75. The molecule has 0 spiro atoms. The van der Waals surface area contributed by atoms with Gasteiger partial charge in [0.05, 0.1) is 5.60 Å². The summed E-state index contributed by atoms with van der Waals surface area (Å²) in [7, 11) is 0. The topological polar surface area (TPSA) is 50.7 Å². The molecule has 4 nitrogen and oxygen atoms in total. The summed E-state index contributed by atoms with van der Waals surface area (Å²) < 4.78 is 10.6. The Labute approximate surface area is 94.2 Å². The fourth-order valence-electron chi connectivity index (χ4n) is 2.31. The lowest BCUT2D eigenvalue weighted by Gasteiger charge is -2.21. The highest BCUT2D eigenvalue weighted by Gasteiger charge is 2.31. The van der Waals surface area contributed by atoms with Gasteiger partial charge in [0.1, 0.15) is 0 Å². The lowest BCUT2D eigenvalue weighted by Crippen LogP contribution is -2.33. The van der Waals surface area contributed by atoms with E-state index in [4.69, 9.17) is 9.47 Å². The molecule has 1 fully saturated rings. The van der Waals surface area contributed by atoms with E-state index in [2.05, 4.69) is 5.32 Å². The third kappa shape index (κ3) is 1.74. The molecule has 0 saturated carbocycles. The SMILES string of the molecule is OC1(Cc2ccc3c(c2)OCO3)CCNC1. The Hall–Kier alpha value is -1.26. The zero-order chi connectivity index (χ0) is 11.0. The van der Waals surface area contributed by atoms with Crippen LogP contribution in [0.25, 0.3) is 0 Å². The van der Waals surface area contributed by atoms with Gasteiger partial charge < -0.3 is 19.9 Å². The third-order valence-corrected chi connectivity index (χ3v) is 3.19. The maximum absolute atomic E-state index is 10.3. The first-order valence-electron chi connectivity index (χ1n) is 5.57. The van der Waals surface area contributed by atoms with Crippen LogP contribution in [0.3, 0.4) is 0 Å². The summed E-state index contributed by atoms with van der Waals surface area (Å²) in [6, 6.07) is 5.85. The minimum absolute atomic E-state index is 0.296. The molecule has 1 saturated heterocycles. The van der Waals surface area contributed by atoms with E-state index < -0.39 is 5.60 Å². The van der Waals surface area contributed by atoms with Crippen molar-refractivity contribution in [1.82, 2.24) is 5.32 Å². The van der Waals surface area contributed by atoms with Crippen molar-refractivity contribution in [3.05, 3.63) is 23.8 Å². The van der Waals surface area contributed by atoms with Gasteiger partial charge in [-0.05, 0) is 30.7 Å². The van der Waals surface area contributed by atoms with Gasteiger partial charge in [0, 0.05) is 13.0 Å². The number of aliphatic hydroxyl groups is 1. The van der Waals surface area contributed by atoms with Crippen LogP contribution in [0.4, 0.5) is 0 Å². The van der Waals surface area contributed by atoms with Gasteiger partial charge in [0.2, 0.25) is 6.79 Å². The molecule has 0 bridgehead atoms. The molecule has 86 valence electrons. The van der Waals surface area contributed by atoms with E-state index in [9.17, 15) is 5.11 Å². The second-order valence-corrected chi connectivity index (χ2v) is 4.52. The van der Waals surface area contributed by atoms with Crippen LogP contribution in [0.1, 0.15) is 12.0 Å². The number of hydrogen-bond acceptors (Lipinski definition) is 4. The lowest BCUT2D eigenvalue weighted by molar-refractivity contribution is 0.0618. The minimum atomic E-state index is -0.603. The Morgan fingerprint density at radius 2 is 2.19 bits per heavy atom. The molecule has 0 radical (unpaired) electrons. The zero-order valence-corrected chi connectivity index (χ0v) is 9.03. The van der Waals surface area contributed by atoms with Crippen molar-refractivity contribution in [2.75, 3.05) is 19.9 Å². The second-order valence-electron chi connectivity index (χ2n) is 4.52. The fraction of sp³-hybridized carbons (Fsp3) is 0.500. The van der Waals surface area contributed by atoms with Gasteiger partial charge in [-0.2, -0.15) is 0 Å². The van der Waals surface area contributed by atoms with Crippen LogP contribution in [0.5, 0.6) is 11.5 Å². The predicted octanol–water partition coefficient (Wildman–Crippen LogP) is 0.682. The fourth-order valence-corrected chi connectivity index (χ4v) is 2.31. The number of fused-ring (bicyclic) bond motifs is 1. The lowest BCUT2D eigenvalue weighted by atomic mass is 9.93. The van der Waals surface area contributed by atoms with Gasteiger partial charge >= 0.3 is 0 Å². The van der Waals surface area contributed by atoms with Crippen molar-refractivity contribution >= 4 is 0 Å². The Balaban J connectivity index is 1.80. The van der Waals surface area contributed by atoms with Crippen molar-refractivity contribution in [2.24, 2.45) is 0 Å². The summed E-state index contributed by atoms with van der Waals surface area (Å²) in [5.41, 5.74) is 0.490. The minimum Gasteiger partial charge on any atom is -0.454 e. The Morgan fingerprint density at radius 1 is 1.31 bits per heavy atom. The third-order valence-electron chi connectivity index (χ3n) is 3.19. The Kier molecular flexibility index (Phi) is 2.26. The monoisotopic (exact) mass is 221 g/mol. The van der Waals surface area contributed by atoms with Crippen LogP contribution in [0.2, 0.25) is 0 Å². The van der Waals surface area contributed by atoms with Gasteiger partial charge in [-0.3, -0.25) is 0 Å². The van der Waals surface area contributed by atoms with Crippen LogP contribution in [0.15, 0.2) is 18.2 Å². The molecule has 1 aromatic carbocycles. The molecule has 3 rings (SSSR count). The smallest absolute Gasteiger partial charge is 0.231 e. The van der Waals surface area contributed by atoms with Gasteiger partial charge in [-0.25, -0.2) is 0 Å². The van der Waals surface area contributed by atoms with Crippen LogP contribution in [-0.4, -0.2) is 30.6 Å². The molecule has 2 aliphatic heterocycles. The van der Waals surface area contributed by atoms with E-state index in [0.29, 0.717) is 19.8 Å². The number of benzene rings is 1. The van der Waals surface area contributed by atoms with Gasteiger partial charge in [-0.1, -0.05) is 6.07 Å². The van der Waals surface area contributed by atoms with Crippen LogP contribution >= 0.6 is 0 Å². The summed E-state index contributed by atoms with van der Waals surface area (Å²) >= 11 is 0. The average molecular weight is 221 g/mol. The number of hydrogen-bond donors (Lipinski definition) is 2. The highest BCUT2D eigenvalue weighted by Crippen LogP contribution is 2.33. The summed E-state index contributed by atoms with van der Waals surface area (Å²) in [5.74, 6) is 1.58. The van der Waals surface area contributed by atoms with Crippen molar-refractivity contribution in [3.8, 4) is 11.5 Å². The van der Waals surface area contributed by atoms with E-state index in [1.165, 1.54) is 0 Å². The van der Waals surface area contributed by atoms with E-state index in [-0.39, 0.29) is 0 Å². The first-order valence-corrected chi connectivity index (χ1v) is 5.57.